The summed E-state index contributed by atoms with van der Waals surface area (Å²) in [5.74, 6) is 1.39. The fourth-order valence-electron chi connectivity index (χ4n) is 1.43. The second-order valence-electron chi connectivity index (χ2n) is 3.44. The maximum Gasteiger partial charge on any atom is 0.174 e. The number of methoxy groups -OCH3 is 1. The minimum Gasteiger partial charge on any atom is -0.496 e. The van der Waals surface area contributed by atoms with Gasteiger partial charge in [0.1, 0.15) is 17.1 Å². The average Bonchev–Trinajstić information content (AvgIpc) is 2.89. The van der Waals surface area contributed by atoms with Crippen LogP contribution in [-0.4, -0.2) is 23.1 Å². The molecule has 0 atom stereocenters. The summed E-state index contributed by atoms with van der Waals surface area (Å²) in [7, 11) is 1.57. The van der Waals surface area contributed by atoms with Crippen molar-refractivity contribution in [2.75, 3.05) is 7.11 Å². The van der Waals surface area contributed by atoms with Crippen LogP contribution in [0, 0.1) is 5.41 Å². The van der Waals surface area contributed by atoms with Crippen LogP contribution in [0.3, 0.4) is 0 Å². The fraction of sp³-hybridized carbons (Fsp3) is 0.182. The monoisotopic (exact) mass is 280 g/mol. The third kappa shape index (κ3) is 2.99. The van der Waals surface area contributed by atoms with Crippen molar-refractivity contribution in [2.45, 2.75) is 10.1 Å². The number of nitrogen functional groups attached to an aromatic ring is 1. The van der Waals surface area contributed by atoms with Gasteiger partial charge in [-0.15, -0.1) is 10.2 Å². The van der Waals surface area contributed by atoms with E-state index >= 15 is 0 Å². The zero-order valence-electron chi connectivity index (χ0n) is 9.71. The number of aromatic nitrogens is 2. The molecule has 0 saturated carbocycles. The normalized spacial score (nSPS) is 10.3. The lowest BCUT2D eigenvalue weighted by molar-refractivity contribution is 0.413. The van der Waals surface area contributed by atoms with Crippen molar-refractivity contribution in [2.24, 2.45) is 5.73 Å². The second-order valence-corrected chi connectivity index (χ2v) is 5.50. The van der Waals surface area contributed by atoms with Crippen molar-refractivity contribution in [1.82, 2.24) is 10.2 Å². The van der Waals surface area contributed by atoms with E-state index in [0.717, 1.165) is 15.7 Å². The molecule has 0 bridgehead atoms. The lowest BCUT2D eigenvalue weighted by Crippen LogP contribution is -2.12. The highest BCUT2D eigenvalue weighted by molar-refractivity contribution is 8.00. The van der Waals surface area contributed by atoms with Crippen molar-refractivity contribution in [3.8, 4) is 5.75 Å². The van der Waals surface area contributed by atoms with Gasteiger partial charge in [0.15, 0.2) is 4.34 Å². The van der Waals surface area contributed by atoms with E-state index in [0.29, 0.717) is 11.3 Å². The van der Waals surface area contributed by atoms with Gasteiger partial charge < -0.3 is 10.5 Å². The number of amidine groups is 1. The maximum absolute atomic E-state index is 7.52. The smallest absolute Gasteiger partial charge is 0.174 e. The van der Waals surface area contributed by atoms with E-state index in [1.807, 2.05) is 18.2 Å². The first-order valence-electron chi connectivity index (χ1n) is 5.11. The minimum absolute atomic E-state index is 0.00890. The molecule has 94 valence electrons. The molecule has 2 rings (SSSR count). The Morgan fingerprint density at radius 3 is 3.00 bits per heavy atom. The van der Waals surface area contributed by atoms with Gasteiger partial charge in [0.2, 0.25) is 0 Å². The van der Waals surface area contributed by atoms with Crippen molar-refractivity contribution < 1.29 is 4.74 Å². The van der Waals surface area contributed by atoms with Crippen LogP contribution in [0.4, 0.5) is 0 Å². The molecule has 0 spiro atoms. The molecule has 2 aromatic rings. The molecule has 3 N–H and O–H groups in total. The largest absolute Gasteiger partial charge is 0.496 e. The van der Waals surface area contributed by atoms with Gasteiger partial charge in [0.05, 0.1) is 12.7 Å². The Morgan fingerprint density at radius 1 is 1.56 bits per heavy atom. The summed E-state index contributed by atoms with van der Waals surface area (Å²) < 4.78 is 6.09. The fourth-order valence-corrected chi connectivity index (χ4v) is 2.86. The van der Waals surface area contributed by atoms with Crippen LogP contribution in [0.1, 0.15) is 11.1 Å². The van der Waals surface area contributed by atoms with Crippen LogP contribution in [0.15, 0.2) is 28.0 Å². The van der Waals surface area contributed by atoms with Gasteiger partial charge in [-0.05, 0) is 17.7 Å². The van der Waals surface area contributed by atoms with Crippen LogP contribution in [0.5, 0.6) is 5.75 Å². The van der Waals surface area contributed by atoms with Gasteiger partial charge in [-0.25, -0.2) is 0 Å². The highest BCUT2D eigenvalue weighted by atomic mass is 32.2. The predicted octanol–water partition coefficient (Wildman–Crippen LogP) is 2.12. The number of nitrogens with two attached hydrogens (primary N) is 1. The Kier molecular flexibility index (Phi) is 4.16. The Labute approximate surface area is 113 Å². The molecule has 0 aliphatic carbocycles. The van der Waals surface area contributed by atoms with Crippen LogP contribution < -0.4 is 10.5 Å². The molecule has 0 aliphatic rings. The third-order valence-electron chi connectivity index (χ3n) is 2.26. The van der Waals surface area contributed by atoms with Gasteiger partial charge in [0.25, 0.3) is 0 Å². The van der Waals surface area contributed by atoms with E-state index in [4.69, 9.17) is 15.9 Å². The minimum atomic E-state index is 0.00890. The number of nitrogens with one attached hydrogen (secondary N) is 1. The molecule has 0 unspecified atom stereocenters. The molecule has 0 radical (unpaired) electrons. The summed E-state index contributed by atoms with van der Waals surface area (Å²) in [6.07, 6.45) is 0. The Hall–Kier alpha value is -1.60. The maximum atomic E-state index is 7.52. The van der Waals surface area contributed by atoms with Crippen LogP contribution in [-0.2, 0) is 5.75 Å². The summed E-state index contributed by atoms with van der Waals surface area (Å²) in [5, 5.41) is 15.3. The molecular weight excluding hydrogens is 268 g/mol. The molecular formula is C11H12N4OS2. The number of rotatable bonds is 5. The quantitative estimate of drug-likeness (QED) is 0.498. The summed E-state index contributed by atoms with van der Waals surface area (Å²) >= 11 is 3.12. The van der Waals surface area contributed by atoms with Crippen molar-refractivity contribution in [3.63, 3.8) is 0 Å². The zero-order valence-corrected chi connectivity index (χ0v) is 11.3. The summed E-state index contributed by atoms with van der Waals surface area (Å²) in [5.41, 5.74) is 8.92. The second kappa shape index (κ2) is 5.83. The van der Waals surface area contributed by atoms with E-state index in [-0.39, 0.29) is 5.84 Å². The van der Waals surface area contributed by atoms with Crippen molar-refractivity contribution in [1.29, 1.82) is 5.41 Å². The highest BCUT2D eigenvalue weighted by Gasteiger charge is 2.08. The number of hydrogen-bond acceptors (Lipinski definition) is 6. The van der Waals surface area contributed by atoms with Crippen LogP contribution in [0.25, 0.3) is 0 Å². The lowest BCUT2D eigenvalue weighted by Gasteiger charge is -2.08. The molecule has 0 aliphatic heterocycles. The SMILES string of the molecule is COc1ccc(CSc2nncs2)cc1C(=N)N. The number of ether oxygens (including phenoxy) is 1. The first-order chi connectivity index (χ1) is 8.70. The van der Waals surface area contributed by atoms with Gasteiger partial charge in [-0.1, -0.05) is 29.2 Å². The topological polar surface area (TPSA) is 84.9 Å². The van der Waals surface area contributed by atoms with Crippen molar-refractivity contribution >= 4 is 28.9 Å². The van der Waals surface area contributed by atoms with Gasteiger partial charge in [-0.3, -0.25) is 5.41 Å². The number of benzene rings is 1. The highest BCUT2D eigenvalue weighted by Crippen LogP contribution is 2.26. The molecule has 1 heterocycles. The lowest BCUT2D eigenvalue weighted by atomic mass is 10.1. The Balaban J connectivity index is 2.14. The van der Waals surface area contributed by atoms with E-state index in [2.05, 4.69) is 10.2 Å². The van der Waals surface area contributed by atoms with Gasteiger partial charge in [-0.2, -0.15) is 0 Å². The van der Waals surface area contributed by atoms with Crippen LogP contribution in [0.2, 0.25) is 0 Å². The first kappa shape index (κ1) is 12.8. The summed E-state index contributed by atoms with van der Waals surface area (Å²) in [6, 6.07) is 5.65. The van der Waals surface area contributed by atoms with E-state index < -0.39 is 0 Å². The van der Waals surface area contributed by atoms with Gasteiger partial charge in [0, 0.05) is 5.75 Å². The predicted molar refractivity (Wildman–Crippen MR) is 73.5 cm³/mol. The molecule has 5 nitrogen and oxygen atoms in total. The molecule has 1 aromatic heterocycles. The van der Waals surface area contributed by atoms with Crippen LogP contribution >= 0.6 is 23.1 Å². The molecule has 0 amide bonds. The Bertz CT molecular complexity index is 542. The standard InChI is InChI=1S/C11H12N4OS2/c1-16-9-3-2-7(4-8(9)10(12)13)5-17-11-15-14-6-18-11/h2-4,6H,5H2,1H3,(H3,12,13). The first-order valence-corrected chi connectivity index (χ1v) is 6.97. The van der Waals surface area contributed by atoms with E-state index in [1.54, 1.807) is 24.4 Å². The number of nitrogens with zero attached hydrogens (tertiary/aromatic N) is 2. The number of thioether (sulfide) groups is 1. The summed E-state index contributed by atoms with van der Waals surface area (Å²) in [4.78, 5) is 0. The number of hydrogen-bond donors (Lipinski definition) is 2. The molecule has 0 fully saturated rings. The van der Waals surface area contributed by atoms with E-state index in [9.17, 15) is 0 Å². The summed E-state index contributed by atoms with van der Waals surface area (Å²) in [6.45, 7) is 0. The van der Waals surface area contributed by atoms with E-state index in [1.165, 1.54) is 11.3 Å². The zero-order chi connectivity index (χ0) is 13.0. The molecule has 7 heteroatoms. The van der Waals surface area contributed by atoms with Gasteiger partial charge >= 0.3 is 0 Å². The average molecular weight is 280 g/mol. The molecule has 18 heavy (non-hydrogen) atoms. The third-order valence-corrected chi connectivity index (χ3v) is 4.19. The van der Waals surface area contributed by atoms with Crippen molar-refractivity contribution in [3.05, 3.63) is 34.8 Å². The molecule has 0 saturated heterocycles. The Morgan fingerprint density at radius 2 is 2.39 bits per heavy atom. The molecule has 1 aromatic carbocycles.